The Morgan fingerprint density at radius 2 is 1.25 bits per heavy atom. The zero-order valence-corrected chi connectivity index (χ0v) is 29.2. The van der Waals surface area contributed by atoms with Gasteiger partial charge >= 0.3 is 0 Å². The molecule has 52 heavy (non-hydrogen) atoms. The number of benzene rings is 6. The summed E-state index contributed by atoms with van der Waals surface area (Å²) < 4.78 is 2.25. The van der Waals surface area contributed by atoms with Gasteiger partial charge in [-0.1, -0.05) is 147 Å². The maximum atomic E-state index is 5.32. The van der Waals surface area contributed by atoms with E-state index in [2.05, 4.69) is 176 Å². The van der Waals surface area contributed by atoms with E-state index in [9.17, 15) is 0 Å². The molecule has 0 saturated carbocycles. The first kappa shape index (κ1) is 30.4. The second-order valence-electron chi connectivity index (χ2n) is 14.4. The molecule has 0 amide bonds. The van der Waals surface area contributed by atoms with Crippen molar-refractivity contribution >= 4 is 21.8 Å². The lowest BCUT2D eigenvalue weighted by atomic mass is 9.82. The minimum Gasteiger partial charge on any atom is -0.278 e. The monoisotopic (exact) mass is 668 g/mol. The van der Waals surface area contributed by atoms with E-state index in [1.165, 1.54) is 38.6 Å². The van der Waals surface area contributed by atoms with Crippen LogP contribution in [0.3, 0.4) is 0 Å². The lowest BCUT2D eigenvalue weighted by molar-refractivity contribution is 0.661. The van der Waals surface area contributed by atoms with E-state index in [4.69, 9.17) is 15.0 Å². The molecule has 2 aromatic heterocycles. The molecule has 4 nitrogen and oxygen atoms in total. The van der Waals surface area contributed by atoms with Gasteiger partial charge in [0.05, 0.1) is 11.0 Å². The molecule has 0 N–H and O–H groups in total. The van der Waals surface area contributed by atoms with E-state index < -0.39 is 0 Å². The molecule has 248 valence electrons. The summed E-state index contributed by atoms with van der Waals surface area (Å²) in [6.45, 7) is 4.67. The SMILES string of the molecule is CC1(C)c2ccccc2-c2cc3c4ccccc4n(-c4nc(-c5cccc(-c6ccccc6)c5)nc(-c5cccc(C6C=CC=CC6)c5)n4)c3cc21. The van der Waals surface area contributed by atoms with Crippen LogP contribution >= 0.6 is 0 Å². The van der Waals surface area contributed by atoms with Crippen LogP contribution in [0.25, 0.3) is 72.8 Å². The summed E-state index contributed by atoms with van der Waals surface area (Å²) in [7, 11) is 0. The summed E-state index contributed by atoms with van der Waals surface area (Å²) in [6.07, 6.45) is 9.74. The molecule has 4 heteroatoms. The van der Waals surface area contributed by atoms with Crippen LogP contribution < -0.4 is 0 Å². The summed E-state index contributed by atoms with van der Waals surface area (Å²) in [6, 6.07) is 49.9. The predicted octanol–water partition coefficient (Wildman–Crippen LogP) is 11.9. The third-order valence-corrected chi connectivity index (χ3v) is 11.0. The summed E-state index contributed by atoms with van der Waals surface area (Å²) in [5.41, 5.74) is 12.8. The highest BCUT2D eigenvalue weighted by Crippen LogP contribution is 2.51. The molecule has 0 bridgehead atoms. The standard InChI is InChI=1S/C48H36N4/c1-48(2)41-25-11-9-23-37(41)39-29-40-38-24-10-12-26-43(38)52(44(40)30-42(39)48)47-50-45(35-21-13-19-33(27-35)31-15-5-3-6-16-31)49-46(51-47)36-22-14-20-34(28-36)32-17-7-4-8-18-32/h3-17,19-30,32H,18H2,1-2H3. The van der Waals surface area contributed by atoms with Gasteiger partial charge in [0, 0.05) is 33.2 Å². The molecule has 0 aliphatic heterocycles. The summed E-state index contributed by atoms with van der Waals surface area (Å²) >= 11 is 0. The van der Waals surface area contributed by atoms with Gasteiger partial charge in [-0.25, -0.2) is 4.98 Å². The van der Waals surface area contributed by atoms with Crippen LogP contribution in [0.15, 0.2) is 164 Å². The zero-order chi connectivity index (χ0) is 34.8. The molecule has 2 heterocycles. The van der Waals surface area contributed by atoms with Crippen LogP contribution in [0.2, 0.25) is 0 Å². The average Bonchev–Trinajstić information content (AvgIpc) is 3.65. The van der Waals surface area contributed by atoms with Crippen LogP contribution in [0.1, 0.15) is 42.9 Å². The van der Waals surface area contributed by atoms with E-state index in [1.54, 1.807) is 0 Å². The van der Waals surface area contributed by atoms with Gasteiger partial charge in [0.2, 0.25) is 5.95 Å². The lowest BCUT2D eigenvalue weighted by Gasteiger charge is -2.21. The Kier molecular flexibility index (Phi) is 6.94. The molecule has 2 aliphatic rings. The fraction of sp³-hybridized carbons (Fsp3) is 0.104. The van der Waals surface area contributed by atoms with Crippen molar-refractivity contribution in [2.45, 2.75) is 31.6 Å². The van der Waals surface area contributed by atoms with Gasteiger partial charge in [0.15, 0.2) is 11.6 Å². The van der Waals surface area contributed by atoms with Crippen LogP contribution in [0.5, 0.6) is 0 Å². The Morgan fingerprint density at radius 3 is 2.08 bits per heavy atom. The van der Waals surface area contributed by atoms with Crippen molar-refractivity contribution in [1.82, 2.24) is 19.5 Å². The first-order valence-electron chi connectivity index (χ1n) is 18.1. The van der Waals surface area contributed by atoms with E-state index in [-0.39, 0.29) is 5.41 Å². The average molecular weight is 669 g/mol. The highest BCUT2D eigenvalue weighted by molar-refractivity contribution is 6.11. The molecule has 1 unspecified atom stereocenters. The lowest BCUT2D eigenvalue weighted by Crippen LogP contribution is -2.15. The van der Waals surface area contributed by atoms with Crippen LogP contribution in [-0.4, -0.2) is 19.5 Å². The fourth-order valence-corrected chi connectivity index (χ4v) is 8.31. The molecule has 6 aromatic carbocycles. The Bertz CT molecular complexity index is 2750. The molecule has 0 radical (unpaired) electrons. The largest absolute Gasteiger partial charge is 0.278 e. The molecule has 1 atom stereocenters. The summed E-state index contributed by atoms with van der Waals surface area (Å²) in [5, 5.41) is 2.37. The molecule has 0 fully saturated rings. The van der Waals surface area contributed by atoms with E-state index in [1.807, 2.05) is 6.07 Å². The number of aromatic nitrogens is 4. The number of rotatable bonds is 5. The Hall–Kier alpha value is -6.39. The number of hydrogen-bond acceptors (Lipinski definition) is 3. The number of nitrogens with zero attached hydrogens (tertiary/aromatic N) is 4. The second kappa shape index (κ2) is 11.9. The van der Waals surface area contributed by atoms with Crippen LogP contribution in [-0.2, 0) is 5.41 Å². The highest BCUT2D eigenvalue weighted by Gasteiger charge is 2.36. The molecule has 8 aromatic rings. The Labute approximate surface area is 303 Å². The molecule has 10 rings (SSSR count). The van der Waals surface area contributed by atoms with Crippen molar-refractivity contribution in [2.24, 2.45) is 0 Å². The topological polar surface area (TPSA) is 43.6 Å². The maximum absolute atomic E-state index is 5.32. The van der Waals surface area contributed by atoms with Crippen molar-refractivity contribution in [3.8, 4) is 51.0 Å². The van der Waals surface area contributed by atoms with Gasteiger partial charge < -0.3 is 0 Å². The number of hydrogen-bond donors (Lipinski definition) is 0. The van der Waals surface area contributed by atoms with Crippen molar-refractivity contribution < 1.29 is 0 Å². The summed E-state index contributed by atoms with van der Waals surface area (Å²) in [4.78, 5) is 15.8. The molecular weight excluding hydrogens is 633 g/mol. The second-order valence-corrected chi connectivity index (χ2v) is 14.4. The maximum Gasteiger partial charge on any atom is 0.238 e. The third kappa shape index (κ3) is 4.86. The summed E-state index contributed by atoms with van der Waals surface area (Å²) in [5.74, 6) is 2.22. The first-order valence-corrected chi connectivity index (χ1v) is 18.1. The predicted molar refractivity (Wildman–Crippen MR) is 214 cm³/mol. The van der Waals surface area contributed by atoms with Gasteiger partial charge in [-0.05, 0) is 75.7 Å². The number of para-hydroxylation sites is 1. The highest BCUT2D eigenvalue weighted by atomic mass is 15.2. The minimum absolute atomic E-state index is 0.141. The molecule has 0 spiro atoms. The normalized spacial score (nSPS) is 15.6. The van der Waals surface area contributed by atoms with Gasteiger partial charge in [0.1, 0.15) is 0 Å². The van der Waals surface area contributed by atoms with Crippen molar-refractivity contribution in [3.63, 3.8) is 0 Å². The smallest absolute Gasteiger partial charge is 0.238 e. The van der Waals surface area contributed by atoms with Gasteiger partial charge in [0.25, 0.3) is 0 Å². The third-order valence-electron chi connectivity index (χ3n) is 11.0. The quantitative estimate of drug-likeness (QED) is 0.183. The Balaban J connectivity index is 1.22. The van der Waals surface area contributed by atoms with Gasteiger partial charge in [-0.15, -0.1) is 0 Å². The molecular formula is C48H36N4. The van der Waals surface area contributed by atoms with Gasteiger partial charge in [-0.3, -0.25) is 4.57 Å². The van der Waals surface area contributed by atoms with E-state index in [0.29, 0.717) is 23.5 Å². The van der Waals surface area contributed by atoms with Crippen molar-refractivity contribution in [1.29, 1.82) is 0 Å². The molecule has 2 aliphatic carbocycles. The van der Waals surface area contributed by atoms with Crippen molar-refractivity contribution in [2.75, 3.05) is 0 Å². The number of fused-ring (bicyclic) bond motifs is 6. The van der Waals surface area contributed by atoms with Gasteiger partial charge in [-0.2, -0.15) is 9.97 Å². The number of allylic oxidation sites excluding steroid dienone is 4. The van der Waals surface area contributed by atoms with E-state index >= 15 is 0 Å². The first-order chi connectivity index (χ1) is 25.5. The Morgan fingerprint density at radius 1 is 0.538 bits per heavy atom. The zero-order valence-electron chi connectivity index (χ0n) is 29.2. The van der Waals surface area contributed by atoms with Crippen LogP contribution in [0.4, 0.5) is 0 Å². The fourth-order valence-electron chi connectivity index (χ4n) is 8.31. The van der Waals surface area contributed by atoms with Crippen molar-refractivity contribution in [3.05, 3.63) is 181 Å². The van der Waals surface area contributed by atoms with Crippen LogP contribution in [0, 0.1) is 0 Å². The molecule has 0 saturated heterocycles. The van der Waals surface area contributed by atoms with E-state index in [0.717, 1.165) is 39.7 Å². The minimum atomic E-state index is -0.141.